The van der Waals surface area contributed by atoms with Crippen LogP contribution in [0, 0.1) is 6.92 Å². The highest BCUT2D eigenvalue weighted by atomic mass is 16.4. The minimum atomic E-state index is -1.19. The van der Waals surface area contributed by atoms with Crippen molar-refractivity contribution in [2.24, 2.45) is 0 Å². The fraction of sp³-hybridized carbons (Fsp3) is 0.214. The van der Waals surface area contributed by atoms with Crippen molar-refractivity contribution in [1.29, 1.82) is 0 Å². The number of H-pyrrole nitrogens is 1. The van der Waals surface area contributed by atoms with Gasteiger partial charge in [-0.05, 0) is 24.5 Å². The van der Waals surface area contributed by atoms with E-state index in [9.17, 15) is 9.59 Å². The molecular weight excluding hydrogens is 244 g/mol. The van der Waals surface area contributed by atoms with Crippen LogP contribution in [0.5, 0.6) is 0 Å². The fourth-order valence-corrected chi connectivity index (χ4v) is 1.88. The van der Waals surface area contributed by atoms with E-state index in [1.807, 2.05) is 31.2 Å². The van der Waals surface area contributed by atoms with Crippen LogP contribution in [-0.4, -0.2) is 21.0 Å². The number of aromatic carboxylic acids is 1. The summed E-state index contributed by atoms with van der Waals surface area (Å²) < 4.78 is 0. The van der Waals surface area contributed by atoms with Gasteiger partial charge in [0, 0.05) is 12.5 Å². The molecule has 98 valence electrons. The summed E-state index contributed by atoms with van der Waals surface area (Å²) in [5, 5.41) is 8.85. The molecule has 0 aliphatic carbocycles. The van der Waals surface area contributed by atoms with Gasteiger partial charge in [0.2, 0.25) is 0 Å². The molecule has 0 spiro atoms. The van der Waals surface area contributed by atoms with Crippen LogP contribution in [-0.2, 0) is 12.8 Å². The molecular formula is C14H14N2O3. The first-order valence-electron chi connectivity index (χ1n) is 5.94. The number of carboxylic acids is 1. The van der Waals surface area contributed by atoms with Crippen molar-refractivity contribution >= 4 is 5.97 Å². The minimum absolute atomic E-state index is 0.219. The molecule has 1 aromatic carbocycles. The van der Waals surface area contributed by atoms with Gasteiger partial charge < -0.3 is 10.1 Å². The second-order valence-corrected chi connectivity index (χ2v) is 4.31. The topological polar surface area (TPSA) is 83.0 Å². The summed E-state index contributed by atoms with van der Waals surface area (Å²) in [5.74, 6) is -0.795. The lowest BCUT2D eigenvalue weighted by Crippen LogP contribution is -2.16. The van der Waals surface area contributed by atoms with Crippen LogP contribution in [0.25, 0.3) is 0 Å². The van der Waals surface area contributed by atoms with Crippen molar-refractivity contribution in [2.45, 2.75) is 19.8 Å². The molecule has 0 aliphatic heterocycles. The standard InChI is InChI=1S/C14H14N2O3/c1-9-4-2-3-5-10(9)6-7-12-15-11(14(18)19)8-13(17)16-12/h2-5,8H,6-7H2,1H3,(H,18,19)(H,15,16,17). The highest BCUT2D eigenvalue weighted by Gasteiger charge is 2.08. The maximum atomic E-state index is 11.3. The Kier molecular flexibility index (Phi) is 3.75. The van der Waals surface area contributed by atoms with Gasteiger partial charge in [0.25, 0.3) is 5.56 Å². The maximum absolute atomic E-state index is 11.3. The van der Waals surface area contributed by atoms with E-state index in [0.29, 0.717) is 18.7 Å². The first-order chi connectivity index (χ1) is 9.06. The van der Waals surface area contributed by atoms with Gasteiger partial charge in [0.15, 0.2) is 5.69 Å². The number of nitrogens with one attached hydrogen (secondary N) is 1. The van der Waals surface area contributed by atoms with Gasteiger partial charge in [-0.3, -0.25) is 4.79 Å². The molecule has 2 aromatic rings. The number of nitrogens with zero attached hydrogens (tertiary/aromatic N) is 1. The Hall–Kier alpha value is -2.43. The highest BCUT2D eigenvalue weighted by Crippen LogP contribution is 2.09. The van der Waals surface area contributed by atoms with E-state index in [-0.39, 0.29) is 5.69 Å². The Morgan fingerprint density at radius 2 is 2.05 bits per heavy atom. The summed E-state index contributed by atoms with van der Waals surface area (Å²) in [6, 6.07) is 8.92. The number of carboxylic acid groups (broad SMARTS) is 1. The number of aromatic nitrogens is 2. The molecule has 0 aliphatic rings. The second kappa shape index (κ2) is 5.48. The zero-order valence-electron chi connectivity index (χ0n) is 10.5. The van der Waals surface area contributed by atoms with Gasteiger partial charge in [-0.25, -0.2) is 9.78 Å². The third kappa shape index (κ3) is 3.28. The van der Waals surface area contributed by atoms with Crippen molar-refractivity contribution in [3.63, 3.8) is 0 Å². The van der Waals surface area contributed by atoms with E-state index in [1.54, 1.807) is 0 Å². The van der Waals surface area contributed by atoms with Crippen LogP contribution >= 0.6 is 0 Å². The minimum Gasteiger partial charge on any atom is -0.477 e. The van der Waals surface area contributed by atoms with Crippen molar-refractivity contribution in [1.82, 2.24) is 9.97 Å². The zero-order valence-corrected chi connectivity index (χ0v) is 10.5. The largest absolute Gasteiger partial charge is 0.477 e. The van der Waals surface area contributed by atoms with E-state index in [1.165, 1.54) is 5.56 Å². The molecule has 0 bridgehead atoms. The number of benzene rings is 1. The molecule has 0 atom stereocenters. The number of hydrogen-bond acceptors (Lipinski definition) is 3. The Labute approximate surface area is 110 Å². The molecule has 1 aromatic heterocycles. The molecule has 0 amide bonds. The first-order valence-corrected chi connectivity index (χ1v) is 5.94. The molecule has 0 radical (unpaired) electrons. The molecule has 19 heavy (non-hydrogen) atoms. The summed E-state index contributed by atoms with van der Waals surface area (Å²) in [6.07, 6.45) is 1.21. The summed E-state index contributed by atoms with van der Waals surface area (Å²) in [7, 11) is 0. The number of aryl methyl sites for hydroxylation is 3. The SMILES string of the molecule is Cc1ccccc1CCc1nc(C(=O)O)cc(=O)[nH]1. The lowest BCUT2D eigenvalue weighted by molar-refractivity contribution is 0.0689. The quantitative estimate of drug-likeness (QED) is 0.871. The molecule has 2 rings (SSSR count). The molecule has 0 unspecified atom stereocenters. The Balaban J connectivity index is 2.18. The monoisotopic (exact) mass is 258 g/mol. The second-order valence-electron chi connectivity index (χ2n) is 4.31. The average molecular weight is 258 g/mol. The van der Waals surface area contributed by atoms with Crippen LogP contribution in [0.4, 0.5) is 0 Å². The van der Waals surface area contributed by atoms with Crippen molar-refractivity contribution in [3.05, 3.63) is 63.3 Å². The van der Waals surface area contributed by atoms with Gasteiger partial charge in [0.1, 0.15) is 5.82 Å². The molecule has 0 saturated carbocycles. The van der Waals surface area contributed by atoms with Crippen molar-refractivity contribution < 1.29 is 9.90 Å². The average Bonchev–Trinajstić information content (AvgIpc) is 2.37. The molecule has 0 fully saturated rings. The summed E-state index contributed by atoms with van der Waals surface area (Å²) in [5.41, 5.74) is 1.67. The van der Waals surface area contributed by atoms with Gasteiger partial charge >= 0.3 is 5.97 Å². The van der Waals surface area contributed by atoms with Gasteiger partial charge in [-0.15, -0.1) is 0 Å². The van der Waals surface area contributed by atoms with E-state index in [4.69, 9.17) is 5.11 Å². The van der Waals surface area contributed by atoms with Gasteiger partial charge in [-0.1, -0.05) is 24.3 Å². The van der Waals surface area contributed by atoms with Crippen LogP contribution in [0.15, 0.2) is 35.1 Å². The van der Waals surface area contributed by atoms with Gasteiger partial charge in [-0.2, -0.15) is 0 Å². The maximum Gasteiger partial charge on any atom is 0.354 e. The molecule has 0 saturated heterocycles. The van der Waals surface area contributed by atoms with Crippen LogP contribution in [0.3, 0.4) is 0 Å². The summed E-state index contributed by atoms with van der Waals surface area (Å²) >= 11 is 0. The smallest absolute Gasteiger partial charge is 0.354 e. The first kappa shape index (κ1) is 13.0. The van der Waals surface area contributed by atoms with Crippen LogP contribution < -0.4 is 5.56 Å². The van der Waals surface area contributed by atoms with Crippen molar-refractivity contribution in [2.75, 3.05) is 0 Å². The predicted octanol–water partition coefficient (Wildman–Crippen LogP) is 1.56. The molecule has 2 N–H and O–H groups in total. The number of hydrogen-bond donors (Lipinski definition) is 2. The molecule has 1 heterocycles. The Bertz CT molecular complexity index is 662. The molecule has 5 nitrogen and oxygen atoms in total. The number of carbonyl (C=O) groups is 1. The highest BCUT2D eigenvalue weighted by molar-refractivity contribution is 5.85. The van der Waals surface area contributed by atoms with Crippen LogP contribution in [0.2, 0.25) is 0 Å². The van der Waals surface area contributed by atoms with E-state index in [2.05, 4.69) is 9.97 Å². The fourth-order valence-electron chi connectivity index (χ4n) is 1.88. The Morgan fingerprint density at radius 1 is 1.32 bits per heavy atom. The van der Waals surface area contributed by atoms with E-state index in [0.717, 1.165) is 11.6 Å². The summed E-state index contributed by atoms with van der Waals surface area (Å²) in [6.45, 7) is 2.01. The third-order valence-electron chi connectivity index (χ3n) is 2.90. The third-order valence-corrected chi connectivity index (χ3v) is 2.90. The van der Waals surface area contributed by atoms with E-state index < -0.39 is 11.5 Å². The number of rotatable bonds is 4. The lowest BCUT2D eigenvalue weighted by atomic mass is 10.0. The normalized spacial score (nSPS) is 10.4. The Morgan fingerprint density at radius 3 is 2.74 bits per heavy atom. The summed E-state index contributed by atoms with van der Waals surface area (Å²) in [4.78, 5) is 28.6. The predicted molar refractivity (Wildman–Crippen MR) is 70.4 cm³/mol. The van der Waals surface area contributed by atoms with Gasteiger partial charge in [0.05, 0.1) is 0 Å². The number of aromatic amines is 1. The lowest BCUT2D eigenvalue weighted by Gasteiger charge is -2.05. The van der Waals surface area contributed by atoms with E-state index >= 15 is 0 Å². The zero-order chi connectivity index (χ0) is 13.8. The van der Waals surface area contributed by atoms with Crippen LogP contribution in [0.1, 0.15) is 27.4 Å². The molecule has 5 heteroatoms. The van der Waals surface area contributed by atoms with Crippen molar-refractivity contribution in [3.8, 4) is 0 Å².